The number of rotatable bonds is 3. The van der Waals surface area contributed by atoms with Crippen LogP contribution in [0.15, 0.2) is 104 Å². The normalized spacial score (nSPS) is 13.6. The summed E-state index contributed by atoms with van der Waals surface area (Å²) in [6, 6.07) is 34.7. The number of benzene rings is 4. The summed E-state index contributed by atoms with van der Waals surface area (Å²) in [5.41, 5.74) is 11.4. The van der Waals surface area contributed by atoms with Gasteiger partial charge in [-0.3, -0.25) is 0 Å². The van der Waals surface area contributed by atoms with E-state index in [4.69, 9.17) is 0 Å². The second-order valence-corrected chi connectivity index (χ2v) is 8.32. The molecule has 5 rings (SSSR count). The van der Waals surface area contributed by atoms with Crippen LogP contribution in [0.1, 0.15) is 36.1 Å². The Labute approximate surface area is 173 Å². The molecule has 0 heteroatoms. The van der Waals surface area contributed by atoms with Gasteiger partial charge in [-0.05, 0) is 56.1 Å². The Balaban J connectivity index is 1.62. The molecule has 0 unspecified atom stereocenters. The summed E-state index contributed by atoms with van der Waals surface area (Å²) in [6.45, 7) is 9.15. The largest absolute Gasteiger partial charge is 0.0905 e. The molecule has 0 aliphatic heterocycles. The van der Waals surface area contributed by atoms with Gasteiger partial charge in [0.05, 0.1) is 0 Å². The predicted octanol–water partition coefficient (Wildman–Crippen LogP) is 7.72. The van der Waals surface area contributed by atoms with E-state index >= 15 is 0 Å². The van der Waals surface area contributed by atoms with Crippen LogP contribution in [0.25, 0.3) is 27.8 Å². The summed E-state index contributed by atoms with van der Waals surface area (Å²) < 4.78 is 0. The fourth-order valence-corrected chi connectivity index (χ4v) is 4.66. The maximum absolute atomic E-state index is 4.50. The summed E-state index contributed by atoms with van der Waals surface area (Å²) in [4.78, 5) is 0. The fourth-order valence-electron chi connectivity index (χ4n) is 4.66. The van der Waals surface area contributed by atoms with Gasteiger partial charge >= 0.3 is 0 Å². The van der Waals surface area contributed by atoms with Crippen molar-refractivity contribution in [1.29, 1.82) is 0 Å². The SMILES string of the molecule is C=C(c1ccc2c(c1)C(C)(C)c1ccccc1-2)c1ccccc1-c1ccccc1. The molecular weight excluding hydrogens is 348 g/mol. The van der Waals surface area contributed by atoms with Crippen LogP contribution in [0, 0.1) is 0 Å². The molecule has 1 aliphatic carbocycles. The Hall–Kier alpha value is -3.38. The third-order valence-electron chi connectivity index (χ3n) is 6.27. The van der Waals surface area contributed by atoms with Gasteiger partial charge < -0.3 is 0 Å². The van der Waals surface area contributed by atoms with Crippen LogP contribution >= 0.6 is 0 Å². The standard InChI is InChI=1S/C29H24/c1-20(23-13-7-8-14-24(23)21-11-5-4-6-12-21)22-17-18-26-25-15-9-10-16-27(25)29(2,3)28(26)19-22/h4-19H,1H2,2-3H3. The molecule has 0 amide bonds. The maximum atomic E-state index is 4.50. The summed E-state index contributed by atoms with van der Waals surface area (Å²) >= 11 is 0. The van der Waals surface area contributed by atoms with E-state index in [0.29, 0.717) is 0 Å². The lowest BCUT2D eigenvalue weighted by atomic mass is 9.81. The Morgan fingerprint density at radius 3 is 2.03 bits per heavy atom. The topological polar surface area (TPSA) is 0 Å². The maximum Gasteiger partial charge on any atom is 0.0159 e. The molecule has 29 heavy (non-hydrogen) atoms. The third kappa shape index (κ3) is 2.76. The number of hydrogen-bond acceptors (Lipinski definition) is 0. The van der Waals surface area contributed by atoms with Gasteiger partial charge in [0.2, 0.25) is 0 Å². The third-order valence-corrected chi connectivity index (χ3v) is 6.27. The number of hydrogen-bond donors (Lipinski definition) is 0. The quantitative estimate of drug-likeness (QED) is 0.345. The van der Waals surface area contributed by atoms with Crippen molar-refractivity contribution in [3.8, 4) is 22.3 Å². The van der Waals surface area contributed by atoms with Gasteiger partial charge in [-0.25, -0.2) is 0 Å². The first kappa shape index (κ1) is 17.7. The van der Waals surface area contributed by atoms with E-state index in [1.807, 2.05) is 0 Å². The van der Waals surface area contributed by atoms with E-state index in [2.05, 4.69) is 117 Å². The van der Waals surface area contributed by atoms with E-state index in [1.54, 1.807) is 0 Å². The highest BCUT2D eigenvalue weighted by Gasteiger charge is 2.35. The van der Waals surface area contributed by atoms with Crippen LogP contribution in [0.5, 0.6) is 0 Å². The molecule has 0 atom stereocenters. The molecule has 0 bridgehead atoms. The van der Waals surface area contributed by atoms with Gasteiger partial charge in [0, 0.05) is 5.41 Å². The van der Waals surface area contributed by atoms with Crippen molar-refractivity contribution in [2.75, 3.05) is 0 Å². The molecule has 0 heterocycles. The van der Waals surface area contributed by atoms with E-state index < -0.39 is 0 Å². The molecule has 4 aromatic rings. The van der Waals surface area contributed by atoms with Gasteiger partial charge in [-0.2, -0.15) is 0 Å². The highest BCUT2D eigenvalue weighted by molar-refractivity contribution is 5.90. The molecule has 4 aromatic carbocycles. The molecule has 1 aliphatic rings. The van der Waals surface area contributed by atoms with Crippen molar-refractivity contribution in [1.82, 2.24) is 0 Å². The summed E-state index contributed by atoms with van der Waals surface area (Å²) in [5, 5.41) is 0. The lowest BCUT2D eigenvalue weighted by Gasteiger charge is -2.22. The molecule has 0 fully saturated rings. The highest BCUT2D eigenvalue weighted by Crippen LogP contribution is 2.49. The number of fused-ring (bicyclic) bond motifs is 3. The molecule has 0 radical (unpaired) electrons. The van der Waals surface area contributed by atoms with Crippen molar-refractivity contribution in [2.45, 2.75) is 19.3 Å². The fraction of sp³-hybridized carbons (Fsp3) is 0.103. The van der Waals surface area contributed by atoms with Gasteiger partial charge in [0.15, 0.2) is 0 Å². The van der Waals surface area contributed by atoms with Crippen molar-refractivity contribution in [2.24, 2.45) is 0 Å². The van der Waals surface area contributed by atoms with Gasteiger partial charge in [-0.1, -0.05) is 111 Å². The average molecular weight is 373 g/mol. The average Bonchev–Trinajstić information content (AvgIpc) is 3.01. The minimum Gasteiger partial charge on any atom is -0.0905 e. The van der Waals surface area contributed by atoms with Crippen molar-refractivity contribution < 1.29 is 0 Å². The zero-order chi connectivity index (χ0) is 20.0. The molecular formula is C29H24. The first-order chi connectivity index (χ1) is 14.1. The van der Waals surface area contributed by atoms with Crippen LogP contribution in [-0.4, -0.2) is 0 Å². The van der Waals surface area contributed by atoms with Crippen LogP contribution in [0.2, 0.25) is 0 Å². The zero-order valence-electron chi connectivity index (χ0n) is 16.9. The first-order valence-corrected chi connectivity index (χ1v) is 10.2. The smallest absolute Gasteiger partial charge is 0.0159 e. The Bertz CT molecular complexity index is 1230. The highest BCUT2D eigenvalue weighted by atomic mass is 14.4. The van der Waals surface area contributed by atoms with Gasteiger partial charge in [0.25, 0.3) is 0 Å². The Morgan fingerprint density at radius 1 is 0.621 bits per heavy atom. The van der Waals surface area contributed by atoms with Crippen molar-refractivity contribution in [3.63, 3.8) is 0 Å². The summed E-state index contributed by atoms with van der Waals surface area (Å²) in [6.07, 6.45) is 0. The molecule has 0 spiro atoms. The molecule has 0 saturated heterocycles. The Morgan fingerprint density at radius 2 is 1.24 bits per heavy atom. The lowest BCUT2D eigenvalue weighted by molar-refractivity contribution is 0.660. The second kappa shape index (κ2) is 6.60. The van der Waals surface area contributed by atoms with Gasteiger partial charge in [-0.15, -0.1) is 0 Å². The monoisotopic (exact) mass is 372 g/mol. The van der Waals surface area contributed by atoms with E-state index in [0.717, 1.165) is 5.57 Å². The van der Waals surface area contributed by atoms with E-state index in [9.17, 15) is 0 Å². The molecule has 0 saturated carbocycles. The molecule has 0 nitrogen and oxygen atoms in total. The molecule has 0 N–H and O–H groups in total. The van der Waals surface area contributed by atoms with Crippen molar-refractivity contribution >= 4 is 5.57 Å². The predicted molar refractivity (Wildman–Crippen MR) is 124 cm³/mol. The summed E-state index contributed by atoms with van der Waals surface area (Å²) in [7, 11) is 0. The van der Waals surface area contributed by atoms with Crippen LogP contribution in [0.4, 0.5) is 0 Å². The minimum atomic E-state index is 0.00116. The van der Waals surface area contributed by atoms with E-state index in [1.165, 1.54) is 44.5 Å². The van der Waals surface area contributed by atoms with Crippen LogP contribution in [0.3, 0.4) is 0 Å². The Kier molecular flexibility index (Phi) is 4.03. The van der Waals surface area contributed by atoms with Crippen molar-refractivity contribution in [3.05, 3.63) is 126 Å². The van der Waals surface area contributed by atoms with Crippen LogP contribution < -0.4 is 0 Å². The lowest BCUT2D eigenvalue weighted by Crippen LogP contribution is -2.15. The zero-order valence-corrected chi connectivity index (χ0v) is 16.9. The molecule has 0 aromatic heterocycles. The van der Waals surface area contributed by atoms with E-state index in [-0.39, 0.29) is 5.41 Å². The van der Waals surface area contributed by atoms with Gasteiger partial charge in [0.1, 0.15) is 0 Å². The summed E-state index contributed by atoms with van der Waals surface area (Å²) in [5.74, 6) is 0. The second-order valence-electron chi connectivity index (χ2n) is 8.32. The first-order valence-electron chi connectivity index (χ1n) is 10.2. The minimum absolute atomic E-state index is 0.00116. The van der Waals surface area contributed by atoms with Crippen LogP contribution in [-0.2, 0) is 5.41 Å². The molecule has 140 valence electrons.